The third-order valence-corrected chi connectivity index (χ3v) is 5.27. The zero-order chi connectivity index (χ0) is 21.1. The van der Waals surface area contributed by atoms with E-state index in [1.54, 1.807) is 18.2 Å². The number of carbonyl (C=O) groups excluding carboxylic acids is 2. The Morgan fingerprint density at radius 1 is 0.967 bits per heavy atom. The first kappa shape index (κ1) is 19.5. The van der Waals surface area contributed by atoms with Crippen LogP contribution in [0.15, 0.2) is 66.7 Å². The smallest absolute Gasteiger partial charge is 0.319 e. The summed E-state index contributed by atoms with van der Waals surface area (Å²) in [5.74, 6) is -0.204. The van der Waals surface area contributed by atoms with E-state index in [9.17, 15) is 9.59 Å². The topological polar surface area (TPSA) is 96.2 Å². The summed E-state index contributed by atoms with van der Waals surface area (Å²) in [5, 5.41) is 8.76. The van der Waals surface area contributed by atoms with E-state index in [1.807, 2.05) is 55.5 Å². The zero-order valence-corrected chi connectivity index (χ0v) is 16.7. The molecule has 0 heterocycles. The van der Waals surface area contributed by atoms with E-state index in [1.165, 1.54) is 0 Å². The van der Waals surface area contributed by atoms with Gasteiger partial charge in [-0.05, 0) is 72.9 Å². The summed E-state index contributed by atoms with van der Waals surface area (Å²) >= 11 is 0. The minimum absolute atomic E-state index is 0.0771. The van der Waals surface area contributed by atoms with Crippen molar-refractivity contribution in [1.82, 2.24) is 5.32 Å². The average Bonchev–Trinajstić information content (AvgIpc) is 3.11. The Balaban J connectivity index is 1.42. The Bertz CT molecular complexity index is 1110. The first-order valence-corrected chi connectivity index (χ1v) is 9.92. The molecule has 0 aromatic heterocycles. The molecule has 5 N–H and O–H groups in total. The number of anilines is 3. The summed E-state index contributed by atoms with van der Waals surface area (Å²) in [6.07, 6.45) is 1.60. The Morgan fingerprint density at radius 2 is 1.80 bits per heavy atom. The van der Waals surface area contributed by atoms with Crippen LogP contribution in [0.5, 0.6) is 0 Å². The van der Waals surface area contributed by atoms with Crippen LogP contribution in [0.25, 0.3) is 0 Å². The van der Waals surface area contributed by atoms with E-state index in [0.29, 0.717) is 16.9 Å². The summed E-state index contributed by atoms with van der Waals surface area (Å²) in [4.78, 5) is 25.0. The van der Waals surface area contributed by atoms with E-state index in [0.717, 1.165) is 35.2 Å². The monoisotopic (exact) mass is 400 g/mol. The van der Waals surface area contributed by atoms with Crippen LogP contribution in [-0.2, 0) is 6.42 Å². The number of nitrogens with two attached hydrogens (primary N) is 1. The number of hydrogen-bond donors (Lipinski definition) is 4. The number of hydrogen-bond acceptors (Lipinski definition) is 3. The summed E-state index contributed by atoms with van der Waals surface area (Å²) in [6, 6.07) is 20.1. The molecule has 0 bridgehead atoms. The summed E-state index contributed by atoms with van der Waals surface area (Å²) in [5.41, 5.74) is 11.6. The number of carbonyl (C=O) groups is 2. The fraction of sp³-hybridized carbons (Fsp3) is 0.167. The molecule has 1 aliphatic carbocycles. The molecule has 4 rings (SSSR count). The minimum atomic E-state index is -0.236. The maximum atomic E-state index is 12.6. The standard InChI is InChI=1S/C24H24N4O2/c1-15-5-4-6-18(13-15)26-24(30)28-21-12-10-16-14-17(9-11-19(16)21)23(29)27-22-8-3-2-7-20(22)25/h2-9,11,13-14,21H,10,12,25H2,1H3,(H,27,29)(H2,26,28,30). The van der Waals surface area contributed by atoms with Crippen molar-refractivity contribution < 1.29 is 9.59 Å². The Labute approximate surface area is 175 Å². The van der Waals surface area contributed by atoms with E-state index >= 15 is 0 Å². The summed E-state index contributed by atoms with van der Waals surface area (Å²) in [7, 11) is 0. The third kappa shape index (κ3) is 4.27. The predicted molar refractivity (Wildman–Crippen MR) is 120 cm³/mol. The lowest BCUT2D eigenvalue weighted by Crippen LogP contribution is -2.31. The molecule has 6 heteroatoms. The SMILES string of the molecule is Cc1cccc(NC(=O)NC2CCc3cc(C(=O)Nc4ccccc4N)ccc32)c1. The lowest BCUT2D eigenvalue weighted by Gasteiger charge is -2.15. The van der Waals surface area contributed by atoms with Crippen LogP contribution in [0.1, 0.15) is 39.5 Å². The second-order valence-corrected chi connectivity index (χ2v) is 7.51. The number of aryl methyl sites for hydroxylation is 2. The maximum absolute atomic E-state index is 12.6. The van der Waals surface area contributed by atoms with Gasteiger partial charge in [0.1, 0.15) is 0 Å². The van der Waals surface area contributed by atoms with Crippen LogP contribution in [0.2, 0.25) is 0 Å². The highest BCUT2D eigenvalue weighted by molar-refractivity contribution is 6.05. The van der Waals surface area contributed by atoms with Gasteiger partial charge < -0.3 is 21.7 Å². The number of amides is 3. The van der Waals surface area contributed by atoms with Crippen LogP contribution >= 0.6 is 0 Å². The molecule has 1 atom stereocenters. The van der Waals surface area contributed by atoms with Crippen molar-refractivity contribution in [2.75, 3.05) is 16.4 Å². The van der Waals surface area contributed by atoms with Crippen LogP contribution in [0.3, 0.4) is 0 Å². The number of urea groups is 1. The van der Waals surface area contributed by atoms with Gasteiger partial charge in [0, 0.05) is 11.3 Å². The number of fused-ring (bicyclic) bond motifs is 1. The number of benzene rings is 3. The molecule has 0 saturated carbocycles. The van der Waals surface area contributed by atoms with Gasteiger partial charge >= 0.3 is 6.03 Å². The van der Waals surface area contributed by atoms with Crippen molar-refractivity contribution in [2.24, 2.45) is 0 Å². The van der Waals surface area contributed by atoms with Gasteiger partial charge in [-0.25, -0.2) is 4.79 Å². The minimum Gasteiger partial charge on any atom is -0.397 e. The molecule has 0 saturated heterocycles. The molecule has 0 aliphatic heterocycles. The van der Waals surface area contributed by atoms with Crippen LogP contribution in [0, 0.1) is 6.92 Å². The van der Waals surface area contributed by atoms with Gasteiger partial charge in [-0.15, -0.1) is 0 Å². The molecule has 3 amide bonds. The summed E-state index contributed by atoms with van der Waals surface area (Å²) < 4.78 is 0. The van der Waals surface area contributed by atoms with Crippen molar-refractivity contribution in [3.63, 3.8) is 0 Å². The van der Waals surface area contributed by atoms with Crippen molar-refractivity contribution in [3.8, 4) is 0 Å². The highest BCUT2D eigenvalue weighted by atomic mass is 16.2. The Kier molecular flexibility index (Phi) is 5.39. The molecule has 1 unspecified atom stereocenters. The van der Waals surface area contributed by atoms with Crippen LogP contribution < -0.4 is 21.7 Å². The second-order valence-electron chi connectivity index (χ2n) is 7.51. The molecule has 3 aromatic carbocycles. The van der Waals surface area contributed by atoms with Gasteiger partial charge in [0.2, 0.25) is 0 Å². The average molecular weight is 400 g/mol. The number of nitrogens with one attached hydrogen (secondary N) is 3. The predicted octanol–water partition coefficient (Wildman–Crippen LogP) is 4.64. The van der Waals surface area contributed by atoms with Gasteiger partial charge in [0.25, 0.3) is 5.91 Å². The highest BCUT2D eigenvalue weighted by Crippen LogP contribution is 2.32. The van der Waals surface area contributed by atoms with Crippen molar-refractivity contribution in [3.05, 3.63) is 89.0 Å². The van der Waals surface area contributed by atoms with E-state index < -0.39 is 0 Å². The van der Waals surface area contributed by atoms with Crippen LogP contribution in [0.4, 0.5) is 21.9 Å². The molecule has 0 spiro atoms. The lowest BCUT2D eigenvalue weighted by atomic mass is 10.0. The fourth-order valence-corrected chi connectivity index (χ4v) is 3.76. The molecular formula is C24H24N4O2. The van der Waals surface area contributed by atoms with Gasteiger partial charge in [-0.1, -0.05) is 30.3 Å². The lowest BCUT2D eigenvalue weighted by molar-refractivity contribution is 0.102. The van der Waals surface area contributed by atoms with Crippen molar-refractivity contribution in [2.45, 2.75) is 25.8 Å². The zero-order valence-electron chi connectivity index (χ0n) is 16.7. The first-order chi connectivity index (χ1) is 14.5. The van der Waals surface area contributed by atoms with Gasteiger partial charge in [-0.2, -0.15) is 0 Å². The Hall–Kier alpha value is -3.80. The molecule has 152 valence electrons. The normalized spacial score (nSPS) is 14.6. The third-order valence-electron chi connectivity index (χ3n) is 5.27. The molecule has 0 fully saturated rings. The van der Waals surface area contributed by atoms with E-state index in [-0.39, 0.29) is 18.0 Å². The quantitative estimate of drug-likeness (QED) is 0.481. The first-order valence-electron chi connectivity index (χ1n) is 9.92. The number of para-hydroxylation sites is 2. The van der Waals surface area contributed by atoms with Gasteiger partial charge in [-0.3, -0.25) is 4.79 Å². The largest absolute Gasteiger partial charge is 0.397 e. The van der Waals surface area contributed by atoms with Crippen LogP contribution in [-0.4, -0.2) is 11.9 Å². The van der Waals surface area contributed by atoms with E-state index in [2.05, 4.69) is 16.0 Å². The van der Waals surface area contributed by atoms with Gasteiger partial charge in [0.15, 0.2) is 0 Å². The fourth-order valence-electron chi connectivity index (χ4n) is 3.76. The molecule has 6 nitrogen and oxygen atoms in total. The van der Waals surface area contributed by atoms with Crippen molar-refractivity contribution >= 4 is 29.0 Å². The molecule has 3 aromatic rings. The molecule has 30 heavy (non-hydrogen) atoms. The Morgan fingerprint density at radius 3 is 2.60 bits per heavy atom. The summed E-state index contributed by atoms with van der Waals surface area (Å²) in [6.45, 7) is 1.98. The molecule has 1 aliphatic rings. The molecule has 0 radical (unpaired) electrons. The van der Waals surface area contributed by atoms with Gasteiger partial charge in [0.05, 0.1) is 17.4 Å². The van der Waals surface area contributed by atoms with E-state index in [4.69, 9.17) is 5.73 Å². The molecular weight excluding hydrogens is 376 g/mol. The number of rotatable bonds is 4. The number of nitrogen functional groups attached to an aromatic ring is 1. The van der Waals surface area contributed by atoms with Crippen molar-refractivity contribution in [1.29, 1.82) is 0 Å². The highest BCUT2D eigenvalue weighted by Gasteiger charge is 2.25. The second kappa shape index (κ2) is 8.29. The maximum Gasteiger partial charge on any atom is 0.319 e.